The molecule has 7 heterocycles. The first-order chi connectivity index (χ1) is 31.5. The third kappa shape index (κ3) is 6.92. The van der Waals surface area contributed by atoms with Gasteiger partial charge in [-0.2, -0.15) is 0 Å². The molecule has 0 amide bonds. The summed E-state index contributed by atoms with van der Waals surface area (Å²) in [6.07, 6.45) is 0. The van der Waals surface area contributed by atoms with Crippen LogP contribution in [0.15, 0.2) is 172 Å². The number of para-hydroxylation sites is 2. The van der Waals surface area contributed by atoms with Gasteiger partial charge in [0.05, 0.1) is 45.2 Å². The van der Waals surface area contributed by atoms with Crippen molar-refractivity contribution in [3.05, 3.63) is 172 Å². The molecule has 0 aliphatic rings. The molecule has 0 N–H and O–H groups in total. The quantitative estimate of drug-likeness (QED) is 0.0979. The molecule has 9 nitrogen and oxygen atoms in total. The van der Waals surface area contributed by atoms with E-state index in [1.54, 1.807) is 32.7 Å². The lowest BCUT2D eigenvalue weighted by Crippen LogP contribution is -2.20. The molecule has 7 aromatic heterocycles. The van der Waals surface area contributed by atoms with Crippen LogP contribution in [0.25, 0.3) is 97.3 Å². The van der Waals surface area contributed by atoms with Crippen molar-refractivity contribution in [2.75, 3.05) is 11.5 Å². The van der Waals surface area contributed by atoms with Crippen LogP contribution >= 0.6 is 46.2 Å². The summed E-state index contributed by atoms with van der Waals surface area (Å²) < 4.78 is 4.51. The molecule has 0 bridgehead atoms. The summed E-state index contributed by atoms with van der Waals surface area (Å²) in [4.78, 5) is 56.4. The first kappa shape index (κ1) is 40.0. The van der Waals surface area contributed by atoms with Gasteiger partial charge in [-0.3, -0.25) is 18.7 Å². The Morgan fingerprint density at radius 1 is 0.453 bits per heavy atom. The fourth-order valence-electron chi connectivity index (χ4n) is 8.07. The number of rotatable bonds is 10. The summed E-state index contributed by atoms with van der Waals surface area (Å²) >= 11 is 5.81. The van der Waals surface area contributed by atoms with Crippen molar-refractivity contribution in [2.24, 2.45) is 0 Å². The van der Waals surface area contributed by atoms with Gasteiger partial charge in [0.25, 0.3) is 11.1 Å². The Morgan fingerprint density at radius 2 is 0.844 bits per heavy atom. The molecule has 0 unspecified atom stereocenters. The molecule has 0 radical (unpaired) electrons. The van der Waals surface area contributed by atoms with Crippen molar-refractivity contribution >= 4 is 87.1 Å². The Kier molecular flexibility index (Phi) is 10.5. The SMILES string of the molecule is CCSc1nc2c(sc3nc(-c4cccc(-c5cc(-c6ccccc6)c6c(n5)sc5c(=O)n(-c7ccccc7)c(SCC)nc56)n4)cc(-c4ccccc4)c32)c(=O)n1-c1ccccc1. The predicted molar refractivity (Wildman–Crippen MR) is 267 cm³/mol. The van der Waals surface area contributed by atoms with Gasteiger partial charge in [-0.25, -0.2) is 24.9 Å². The van der Waals surface area contributed by atoms with Crippen molar-refractivity contribution < 1.29 is 0 Å². The van der Waals surface area contributed by atoms with Crippen molar-refractivity contribution in [2.45, 2.75) is 24.2 Å². The van der Waals surface area contributed by atoms with Gasteiger partial charge >= 0.3 is 0 Å². The van der Waals surface area contributed by atoms with Crippen LogP contribution in [0, 0.1) is 0 Å². The molecule has 0 aliphatic heterocycles. The number of thioether (sulfide) groups is 2. The number of pyridine rings is 3. The van der Waals surface area contributed by atoms with Crippen LogP contribution in [0.3, 0.4) is 0 Å². The number of aromatic nitrogens is 7. The summed E-state index contributed by atoms with van der Waals surface area (Å²) in [5.41, 5.74) is 9.00. The third-order valence-corrected chi connectivity index (χ3v) is 14.6. The highest BCUT2D eigenvalue weighted by atomic mass is 32.2. The smallest absolute Gasteiger partial charge is 0.267 e. The van der Waals surface area contributed by atoms with Crippen molar-refractivity contribution in [1.29, 1.82) is 0 Å². The van der Waals surface area contributed by atoms with E-state index < -0.39 is 0 Å². The minimum atomic E-state index is -0.123. The molecule has 4 aromatic carbocycles. The molecule has 64 heavy (non-hydrogen) atoms. The van der Waals surface area contributed by atoms with Crippen LogP contribution < -0.4 is 11.1 Å². The van der Waals surface area contributed by atoms with E-state index in [2.05, 4.69) is 50.2 Å². The minimum Gasteiger partial charge on any atom is -0.267 e. The summed E-state index contributed by atoms with van der Waals surface area (Å²) in [5, 5.41) is 2.95. The monoisotopic (exact) mass is 905 g/mol. The number of hydrogen-bond donors (Lipinski definition) is 0. The Balaban J connectivity index is 1.11. The molecular formula is C51H35N7O2S4. The predicted octanol–water partition coefficient (Wildman–Crippen LogP) is 12.6. The maximum atomic E-state index is 14.5. The average molecular weight is 906 g/mol. The van der Waals surface area contributed by atoms with E-state index in [0.29, 0.717) is 63.2 Å². The van der Waals surface area contributed by atoms with Gasteiger partial charge < -0.3 is 0 Å². The van der Waals surface area contributed by atoms with Crippen LogP contribution in [0.4, 0.5) is 0 Å². The molecule has 0 spiro atoms. The van der Waals surface area contributed by atoms with Crippen LogP contribution in [0.1, 0.15) is 13.8 Å². The van der Waals surface area contributed by atoms with E-state index in [9.17, 15) is 9.59 Å². The van der Waals surface area contributed by atoms with Crippen molar-refractivity contribution in [3.8, 4) is 56.4 Å². The Morgan fingerprint density at radius 3 is 1.23 bits per heavy atom. The van der Waals surface area contributed by atoms with Gasteiger partial charge in [0.1, 0.15) is 19.1 Å². The number of benzene rings is 4. The molecule has 0 saturated carbocycles. The van der Waals surface area contributed by atoms with E-state index in [4.69, 9.17) is 24.9 Å². The molecule has 0 aliphatic carbocycles. The van der Waals surface area contributed by atoms with Gasteiger partial charge in [0.2, 0.25) is 0 Å². The topological polar surface area (TPSA) is 108 Å². The Labute approximate surface area is 383 Å². The van der Waals surface area contributed by atoms with Gasteiger partial charge in [0.15, 0.2) is 10.3 Å². The van der Waals surface area contributed by atoms with Gasteiger partial charge in [0, 0.05) is 10.8 Å². The second-order valence-corrected chi connectivity index (χ2v) is 19.2. The normalized spacial score (nSPS) is 11.7. The fraction of sp³-hybridized carbons (Fsp3) is 0.0784. The highest BCUT2D eigenvalue weighted by molar-refractivity contribution is 7.99. The summed E-state index contributed by atoms with van der Waals surface area (Å²) in [6, 6.07) is 49.7. The molecule has 310 valence electrons. The molecule has 0 fully saturated rings. The Hall–Kier alpha value is -6.77. The third-order valence-electron chi connectivity index (χ3n) is 10.9. The first-order valence-electron chi connectivity index (χ1n) is 20.7. The molecule has 0 saturated heterocycles. The number of hydrogen-bond acceptors (Lipinski definition) is 11. The van der Waals surface area contributed by atoms with Crippen LogP contribution in [0.5, 0.6) is 0 Å². The number of nitrogens with zero attached hydrogens (tertiary/aromatic N) is 7. The average Bonchev–Trinajstić information content (AvgIpc) is 3.91. The summed E-state index contributed by atoms with van der Waals surface area (Å²) in [5.74, 6) is 1.51. The van der Waals surface area contributed by atoms with Crippen LogP contribution in [-0.4, -0.2) is 45.6 Å². The van der Waals surface area contributed by atoms with E-state index in [1.807, 2.05) is 115 Å². The lowest BCUT2D eigenvalue weighted by atomic mass is 10.0. The largest absolute Gasteiger partial charge is 0.276 e. The fourth-order valence-corrected chi connectivity index (χ4v) is 11.7. The molecular weight excluding hydrogens is 871 g/mol. The zero-order chi connectivity index (χ0) is 43.3. The van der Waals surface area contributed by atoms with Crippen molar-refractivity contribution in [3.63, 3.8) is 0 Å². The minimum absolute atomic E-state index is 0.123. The molecule has 11 aromatic rings. The lowest BCUT2D eigenvalue weighted by Gasteiger charge is -2.12. The van der Waals surface area contributed by atoms with Gasteiger partial charge in [-0.15, -0.1) is 22.7 Å². The Bertz CT molecular complexity index is 3450. The second kappa shape index (κ2) is 16.7. The highest BCUT2D eigenvalue weighted by Crippen LogP contribution is 2.42. The summed E-state index contributed by atoms with van der Waals surface area (Å²) in [6.45, 7) is 4.13. The molecule has 13 heteroatoms. The van der Waals surface area contributed by atoms with Crippen LogP contribution in [0.2, 0.25) is 0 Å². The number of fused-ring (bicyclic) bond motifs is 6. The second-order valence-electron chi connectivity index (χ2n) is 14.8. The van der Waals surface area contributed by atoms with Crippen molar-refractivity contribution in [1.82, 2.24) is 34.1 Å². The van der Waals surface area contributed by atoms with E-state index >= 15 is 0 Å². The van der Waals surface area contributed by atoms with E-state index in [1.165, 1.54) is 22.7 Å². The molecule has 11 rings (SSSR count). The number of thiophene rings is 2. The zero-order valence-corrected chi connectivity index (χ0v) is 37.7. The maximum Gasteiger partial charge on any atom is 0.276 e. The molecule has 0 atom stereocenters. The summed E-state index contributed by atoms with van der Waals surface area (Å²) in [7, 11) is 0. The highest BCUT2D eigenvalue weighted by Gasteiger charge is 2.24. The van der Waals surface area contributed by atoms with E-state index in [0.717, 1.165) is 55.9 Å². The standard InChI is InChI=1S/C51H35N7O2S4/c1-3-61-50-55-42-40-34(30-18-9-5-10-19-30)28-38(53-46(40)63-44(42)48(59)57(50)32-22-13-7-14-23-32)36-26-17-27-37(52-36)39-29-35(31-20-11-6-12-21-31)41-43-45(64-47(41)54-39)49(60)58(51(56-43)62-4-2)33-24-15-8-16-25-33/h5-29H,3-4H2,1-2H3. The van der Waals surface area contributed by atoms with Gasteiger partial charge in [-0.1, -0.05) is 140 Å². The van der Waals surface area contributed by atoms with Gasteiger partial charge in [-0.05, 0) is 82.3 Å². The first-order valence-corrected chi connectivity index (χ1v) is 24.3. The van der Waals surface area contributed by atoms with E-state index in [-0.39, 0.29) is 11.1 Å². The maximum absolute atomic E-state index is 14.5. The lowest BCUT2D eigenvalue weighted by molar-refractivity contribution is 0.823. The zero-order valence-electron chi connectivity index (χ0n) is 34.4. The van der Waals surface area contributed by atoms with Crippen LogP contribution in [-0.2, 0) is 0 Å².